The van der Waals surface area contributed by atoms with Crippen LogP contribution in [0.1, 0.15) is 17.0 Å². The van der Waals surface area contributed by atoms with Crippen molar-refractivity contribution in [2.24, 2.45) is 0 Å². The van der Waals surface area contributed by atoms with E-state index in [0.29, 0.717) is 11.5 Å². The van der Waals surface area contributed by atoms with E-state index in [-0.39, 0.29) is 12.1 Å². The van der Waals surface area contributed by atoms with Crippen molar-refractivity contribution in [1.29, 1.82) is 0 Å². The minimum absolute atomic E-state index is 0.0550. The molecule has 0 spiro atoms. The summed E-state index contributed by atoms with van der Waals surface area (Å²) in [5, 5.41) is 5.90. The van der Waals surface area contributed by atoms with Crippen LogP contribution in [0.2, 0.25) is 0 Å². The topological polar surface area (TPSA) is 58.4 Å². The molecule has 0 aliphatic heterocycles. The minimum atomic E-state index is -0.938. The molecule has 22 heavy (non-hydrogen) atoms. The molecule has 2 aromatic rings. The van der Waals surface area contributed by atoms with Crippen LogP contribution in [0.3, 0.4) is 0 Å². The first-order valence-electron chi connectivity index (χ1n) is 6.30. The summed E-state index contributed by atoms with van der Waals surface area (Å²) >= 11 is 0. The van der Waals surface area contributed by atoms with Gasteiger partial charge in [-0.25, -0.2) is 13.6 Å². The van der Waals surface area contributed by atoms with Gasteiger partial charge in [-0.3, -0.25) is 0 Å². The van der Waals surface area contributed by atoms with Crippen LogP contribution in [0.4, 0.5) is 19.3 Å². The van der Waals surface area contributed by atoms with Gasteiger partial charge in [0.1, 0.15) is 17.1 Å². The quantitative estimate of drug-likeness (QED) is 0.887. The number of carbonyl (C=O) groups excluding carboxylic acids is 1. The number of carbonyl (C=O) groups is 1. The van der Waals surface area contributed by atoms with E-state index >= 15 is 0 Å². The van der Waals surface area contributed by atoms with E-state index in [1.165, 1.54) is 11.9 Å². The molecule has 0 fully saturated rings. The lowest BCUT2D eigenvalue weighted by molar-refractivity contribution is 0.219. The van der Waals surface area contributed by atoms with Crippen molar-refractivity contribution in [2.45, 2.75) is 13.5 Å². The molecule has 0 unspecified atom stereocenters. The number of halogens is 2. The zero-order valence-corrected chi connectivity index (χ0v) is 12.0. The van der Waals surface area contributed by atoms with Gasteiger partial charge >= 0.3 is 6.03 Å². The number of hydrogen-bond donors (Lipinski definition) is 1. The van der Waals surface area contributed by atoms with E-state index in [9.17, 15) is 13.6 Å². The molecule has 0 saturated carbocycles. The summed E-state index contributed by atoms with van der Waals surface area (Å²) in [6.45, 7) is 1.85. The highest BCUT2D eigenvalue weighted by atomic mass is 19.1. The summed E-state index contributed by atoms with van der Waals surface area (Å²) in [4.78, 5) is 13.2. The molecule has 1 aromatic heterocycles. The third kappa shape index (κ3) is 3.41. The molecule has 0 saturated heterocycles. The maximum atomic E-state index is 13.8. The van der Waals surface area contributed by atoms with Crippen molar-refractivity contribution in [3.63, 3.8) is 0 Å². The second-order valence-corrected chi connectivity index (χ2v) is 4.67. The van der Waals surface area contributed by atoms with E-state index in [1.54, 1.807) is 13.0 Å². The summed E-state index contributed by atoms with van der Waals surface area (Å²) in [5.41, 5.74) is 0.0328. The van der Waals surface area contributed by atoms with Crippen LogP contribution in [-0.2, 0) is 6.54 Å². The zero-order chi connectivity index (χ0) is 16.3. The number of anilines is 1. The van der Waals surface area contributed by atoms with Crippen molar-refractivity contribution < 1.29 is 18.1 Å². The summed E-state index contributed by atoms with van der Waals surface area (Å²) in [5.74, 6) is 0.852. The number of aromatic nitrogens is 1. The van der Waals surface area contributed by atoms with Gasteiger partial charge in [0.15, 0.2) is 11.6 Å². The standard InChI is InChI=1S/C15H13F2N3O2/c1-4-10-6-12(16)14(13(17)7-10)18-15(21)20(3)8-11-5-9(2)22-19-11/h1,5-7H,8H2,2-3H3,(H,18,21). The Bertz CT molecular complexity index is 726. The summed E-state index contributed by atoms with van der Waals surface area (Å²) < 4.78 is 32.4. The van der Waals surface area contributed by atoms with Crippen molar-refractivity contribution in [3.05, 3.63) is 46.9 Å². The van der Waals surface area contributed by atoms with Gasteiger partial charge in [-0.2, -0.15) is 0 Å². The van der Waals surface area contributed by atoms with Gasteiger partial charge in [0.2, 0.25) is 0 Å². The van der Waals surface area contributed by atoms with Crippen molar-refractivity contribution in [3.8, 4) is 12.3 Å². The lowest BCUT2D eigenvalue weighted by atomic mass is 10.2. The number of terminal acetylenes is 1. The van der Waals surface area contributed by atoms with Crippen LogP contribution < -0.4 is 5.32 Å². The molecule has 2 rings (SSSR count). The van der Waals surface area contributed by atoms with Gasteiger partial charge in [-0.1, -0.05) is 11.1 Å². The fraction of sp³-hybridized carbons (Fsp3) is 0.200. The van der Waals surface area contributed by atoms with Gasteiger partial charge in [0.25, 0.3) is 0 Å². The van der Waals surface area contributed by atoms with Crippen molar-refractivity contribution in [2.75, 3.05) is 12.4 Å². The van der Waals surface area contributed by atoms with Crippen LogP contribution in [0.5, 0.6) is 0 Å². The minimum Gasteiger partial charge on any atom is -0.361 e. The number of nitrogens with one attached hydrogen (secondary N) is 1. The van der Waals surface area contributed by atoms with Crippen LogP contribution in [0, 0.1) is 30.9 Å². The number of aryl methyl sites for hydroxylation is 1. The van der Waals surface area contributed by atoms with E-state index in [0.717, 1.165) is 12.1 Å². The Morgan fingerprint density at radius 2 is 2.05 bits per heavy atom. The molecule has 0 radical (unpaired) electrons. The highest BCUT2D eigenvalue weighted by Crippen LogP contribution is 2.21. The van der Waals surface area contributed by atoms with Crippen LogP contribution in [0.15, 0.2) is 22.7 Å². The molecule has 5 nitrogen and oxygen atoms in total. The first-order valence-corrected chi connectivity index (χ1v) is 6.30. The molecule has 1 N–H and O–H groups in total. The van der Waals surface area contributed by atoms with Gasteiger partial charge < -0.3 is 14.7 Å². The maximum absolute atomic E-state index is 13.8. The van der Waals surface area contributed by atoms with Crippen LogP contribution in [0.25, 0.3) is 0 Å². The first kappa shape index (κ1) is 15.5. The molecular formula is C15H13F2N3O2. The predicted molar refractivity (Wildman–Crippen MR) is 76.0 cm³/mol. The van der Waals surface area contributed by atoms with E-state index in [2.05, 4.69) is 16.4 Å². The lowest BCUT2D eigenvalue weighted by Gasteiger charge is -2.17. The Balaban J connectivity index is 2.10. The molecule has 2 amide bonds. The van der Waals surface area contributed by atoms with Crippen molar-refractivity contribution >= 4 is 11.7 Å². The average molecular weight is 305 g/mol. The van der Waals surface area contributed by atoms with Gasteiger partial charge in [-0.05, 0) is 19.1 Å². The third-order valence-electron chi connectivity index (χ3n) is 2.86. The Morgan fingerprint density at radius 3 is 2.55 bits per heavy atom. The molecular weight excluding hydrogens is 292 g/mol. The number of benzene rings is 1. The Hall–Kier alpha value is -2.88. The fourth-order valence-electron chi connectivity index (χ4n) is 1.79. The van der Waals surface area contributed by atoms with Gasteiger partial charge in [0.05, 0.1) is 6.54 Å². The first-order chi connectivity index (χ1) is 10.4. The molecule has 1 aromatic carbocycles. The molecule has 114 valence electrons. The maximum Gasteiger partial charge on any atom is 0.322 e. The zero-order valence-electron chi connectivity index (χ0n) is 12.0. The smallest absolute Gasteiger partial charge is 0.322 e. The predicted octanol–water partition coefficient (Wildman–Crippen LogP) is 2.91. The Labute approximate surface area is 125 Å². The SMILES string of the molecule is C#Cc1cc(F)c(NC(=O)N(C)Cc2cc(C)on2)c(F)c1. The van der Waals surface area contributed by atoms with E-state index < -0.39 is 23.4 Å². The number of urea groups is 1. The largest absolute Gasteiger partial charge is 0.361 e. The highest BCUT2D eigenvalue weighted by Gasteiger charge is 2.17. The third-order valence-corrected chi connectivity index (χ3v) is 2.86. The monoisotopic (exact) mass is 305 g/mol. The Kier molecular flexibility index (Phi) is 4.41. The lowest BCUT2D eigenvalue weighted by Crippen LogP contribution is -2.31. The molecule has 0 atom stereocenters. The molecule has 0 aliphatic rings. The fourth-order valence-corrected chi connectivity index (χ4v) is 1.79. The number of rotatable bonds is 3. The van der Waals surface area contributed by atoms with E-state index in [1.807, 2.05) is 0 Å². The second-order valence-electron chi connectivity index (χ2n) is 4.67. The Morgan fingerprint density at radius 1 is 1.41 bits per heavy atom. The van der Waals surface area contributed by atoms with Crippen LogP contribution >= 0.6 is 0 Å². The van der Waals surface area contributed by atoms with Gasteiger partial charge in [-0.15, -0.1) is 6.42 Å². The number of nitrogens with zero attached hydrogens (tertiary/aromatic N) is 2. The second kappa shape index (κ2) is 6.26. The normalized spacial score (nSPS) is 10.1. The highest BCUT2D eigenvalue weighted by molar-refractivity contribution is 5.89. The molecule has 1 heterocycles. The van der Waals surface area contributed by atoms with Crippen LogP contribution in [-0.4, -0.2) is 23.1 Å². The number of hydrogen-bond acceptors (Lipinski definition) is 3. The van der Waals surface area contributed by atoms with Crippen molar-refractivity contribution in [1.82, 2.24) is 10.1 Å². The molecule has 7 heteroatoms. The van der Waals surface area contributed by atoms with E-state index in [4.69, 9.17) is 10.9 Å². The summed E-state index contributed by atoms with van der Waals surface area (Å²) in [7, 11) is 1.46. The molecule has 0 bridgehead atoms. The molecule has 0 aliphatic carbocycles. The summed E-state index contributed by atoms with van der Waals surface area (Å²) in [6, 6.07) is 2.92. The summed E-state index contributed by atoms with van der Waals surface area (Å²) in [6.07, 6.45) is 5.08. The average Bonchev–Trinajstić information content (AvgIpc) is 2.87. The number of amides is 2. The van der Waals surface area contributed by atoms with Gasteiger partial charge in [0, 0.05) is 18.7 Å².